The predicted molar refractivity (Wildman–Crippen MR) is 106 cm³/mol. The van der Waals surface area contributed by atoms with Crippen molar-refractivity contribution in [3.05, 3.63) is 39.9 Å². The van der Waals surface area contributed by atoms with Crippen LogP contribution < -0.4 is 32.3 Å². The van der Waals surface area contributed by atoms with Crippen LogP contribution in [0.5, 0.6) is 0 Å². The van der Waals surface area contributed by atoms with Gasteiger partial charge < -0.3 is 10.6 Å². The third-order valence-electron chi connectivity index (χ3n) is 3.27. The zero-order valence-corrected chi connectivity index (χ0v) is 16.1. The largest absolute Gasteiger partial charge is 0.364 e. The van der Waals surface area contributed by atoms with Gasteiger partial charge in [-0.25, -0.2) is 0 Å². The summed E-state index contributed by atoms with van der Waals surface area (Å²) in [4.78, 5) is 35.0. The van der Waals surface area contributed by atoms with Gasteiger partial charge >= 0.3 is 0 Å². The first-order valence-electron chi connectivity index (χ1n) is 7.57. The highest BCUT2D eigenvalue weighted by molar-refractivity contribution is 7.80. The molecule has 0 atom stereocenters. The van der Waals surface area contributed by atoms with Gasteiger partial charge in [0.05, 0.1) is 4.92 Å². The maximum atomic E-state index is 12.4. The first-order chi connectivity index (χ1) is 12.8. The summed E-state index contributed by atoms with van der Waals surface area (Å²) in [5.41, 5.74) is 10.0. The molecule has 0 bridgehead atoms. The highest BCUT2D eigenvalue weighted by atomic mass is 32.1. The number of nitrogens with zero attached hydrogens (tertiary/aromatic N) is 1. The van der Waals surface area contributed by atoms with Gasteiger partial charge in [0.2, 0.25) is 0 Å². The topological polar surface area (TPSA) is 149 Å². The number of nitro benzene ring substituents is 1. The number of benzene rings is 1. The fourth-order valence-electron chi connectivity index (χ4n) is 1.83. The van der Waals surface area contributed by atoms with Crippen LogP contribution in [0.2, 0.25) is 0 Å². The van der Waals surface area contributed by atoms with Crippen LogP contribution in [0.25, 0.3) is 0 Å². The molecular weight excluding hydrogens is 394 g/mol. The van der Waals surface area contributed by atoms with Crippen molar-refractivity contribution in [2.45, 2.75) is 6.42 Å². The van der Waals surface area contributed by atoms with E-state index < -0.39 is 22.7 Å². The second-order valence-corrected chi connectivity index (χ2v) is 5.88. The molecule has 0 aliphatic carbocycles. The molecule has 0 fully saturated rings. The third kappa shape index (κ3) is 7.37. The molecule has 13 heteroatoms. The number of hydrazine groups is 2. The molecule has 146 valence electrons. The number of nitro groups is 1. The lowest BCUT2D eigenvalue weighted by molar-refractivity contribution is -0.384. The van der Waals surface area contributed by atoms with E-state index in [1.807, 2.05) is 0 Å². The van der Waals surface area contributed by atoms with Crippen LogP contribution in [-0.2, 0) is 16.0 Å². The van der Waals surface area contributed by atoms with Crippen molar-refractivity contribution in [2.24, 2.45) is 5.92 Å². The number of hydrogen-bond donors (Lipinski definition) is 6. The monoisotopic (exact) mass is 413 g/mol. The average molecular weight is 413 g/mol. The Morgan fingerprint density at radius 1 is 0.963 bits per heavy atom. The van der Waals surface area contributed by atoms with Gasteiger partial charge in [-0.15, -0.1) is 0 Å². The van der Waals surface area contributed by atoms with Crippen molar-refractivity contribution in [2.75, 3.05) is 14.1 Å². The van der Waals surface area contributed by atoms with Crippen LogP contribution in [-0.4, -0.2) is 41.1 Å². The van der Waals surface area contributed by atoms with Gasteiger partial charge in [-0.3, -0.25) is 41.4 Å². The van der Waals surface area contributed by atoms with Crippen LogP contribution >= 0.6 is 24.4 Å². The quantitative estimate of drug-likeness (QED) is 0.154. The molecule has 0 saturated carbocycles. The zero-order valence-electron chi connectivity index (χ0n) is 14.5. The van der Waals surface area contributed by atoms with Gasteiger partial charge in [0.1, 0.15) is 5.92 Å². The fraction of sp³-hybridized carbons (Fsp3) is 0.286. The summed E-state index contributed by atoms with van der Waals surface area (Å²) >= 11 is 9.71. The Hall–Kier alpha value is -3.06. The summed E-state index contributed by atoms with van der Waals surface area (Å²) in [6.45, 7) is 0. The molecule has 1 rings (SSSR count). The summed E-state index contributed by atoms with van der Waals surface area (Å²) in [5.74, 6) is -2.47. The van der Waals surface area contributed by atoms with E-state index in [0.717, 1.165) is 0 Å². The number of thiocarbonyl (C=S) groups is 2. The third-order valence-corrected chi connectivity index (χ3v) is 3.88. The number of amides is 2. The summed E-state index contributed by atoms with van der Waals surface area (Å²) in [6.07, 6.45) is -0.00233. The summed E-state index contributed by atoms with van der Waals surface area (Å²) in [7, 11) is 3.12. The standard InChI is InChI=1S/C14H19N7O4S2/c1-15-13(26)19-17-11(22)10(12(23)18-20-14(27)16-2)7-8-3-5-9(6-4-8)21(24)25/h3-6,10H,7H2,1-2H3,(H,17,22)(H,18,23)(H2,15,19,26)(H2,16,20,27). The van der Waals surface area contributed by atoms with Gasteiger partial charge in [-0.05, 0) is 36.4 Å². The molecule has 0 aliphatic heterocycles. The second kappa shape index (κ2) is 10.8. The minimum Gasteiger partial charge on any atom is -0.364 e. The first kappa shape index (κ1) is 22.0. The van der Waals surface area contributed by atoms with Crippen molar-refractivity contribution in [3.63, 3.8) is 0 Å². The molecular formula is C14H19N7O4S2. The van der Waals surface area contributed by atoms with Crippen LogP contribution in [0.4, 0.5) is 5.69 Å². The Labute approximate surface area is 165 Å². The lowest BCUT2D eigenvalue weighted by atomic mass is 9.98. The maximum absolute atomic E-state index is 12.4. The van der Waals surface area contributed by atoms with E-state index in [2.05, 4.69) is 32.3 Å². The molecule has 6 N–H and O–H groups in total. The maximum Gasteiger partial charge on any atom is 0.269 e. The molecule has 1 aromatic rings. The lowest BCUT2D eigenvalue weighted by Crippen LogP contribution is -2.54. The molecule has 0 unspecified atom stereocenters. The van der Waals surface area contributed by atoms with Crippen LogP contribution in [0.15, 0.2) is 24.3 Å². The van der Waals surface area contributed by atoms with Gasteiger partial charge in [0.25, 0.3) is 17.5 Å². The van der Waals surface area contributed by atoms with Crippen molar-refractivity contribution < 1.29 is 14.5 Å². The van der Waals surface area contributed by atoms with Gasteiger partial charge in [-0.1, -0.05) is 12.1 Å². The van der Waals surface area contributed by atoms with E-state index in [0.29, 0.717) is 5.56 Å². The van der Waals surface area contributed by atoms with E-state index in [4.69, 9.17) is 24.4 Å². The van der Waals surface area contributed by atoms with Gasteiger partial charge in [0, 0.05) is 26.2 Å². The Balaban J connectivity index is 2.89. The number of nitrogens with one attached hydrogen (secondary N) is 6. The SMILES string of the molecule is CNC(=S)NNC(=O)C(Cc1ccc([N+](=O)[O-])cc1)C(=O)NNC(=S)NC. The normalized spacial score (nSPS) is 9.74. The van der Waals surface area contributed by atoms with E-state index >= 15 is 0 Å². The molecule has 1 aromatic carbocycles. The average Bonchev–Trinajstić information content (AvgIpc) is 2.67. The number of rotatable bonds is 5. The Morgan fingerprint density at radius 2 is 1.41 bits per heavy atom. The smallest absolute Gasteiger partial charge is 0.269 e. The van der Waals surface area contributed by atoms with Crippen molar-refractivity contribution in [1.82, 2.24) is 32.3 Å². The van der Waals surface area contributed by atoms with Crippen LogP contribution in [0.1, 0.15) is 5.56 Å². The van der Waals surface area contributed by atoms with Gasteiger partial charge in [0.15, 0.2) is 10.2 Å². The zero-order chi connectivity index (χ0) is 20.4. The molecule has 0 saturated heterocycles. The molecule has 27 heavy (non-hydrogen) atoms. The van der Waals surface area contributed by atoms with Crippen LogP contribution in [0, 0.1) is 16.0 Å². The molecule has 0 radical (unpaired) electrons. The molecule has 0 aliphatic rings. The minimum absolute atomic E-state index is 0.00233. The molecule has 0 heterocycles. The number of carbonyl (C=O) groups excluding carboxylic acids is 2. The first-order valence-corrected chi connectivity index (χ1v) is 8.38. The Kier molecular flexibility index (Phi) is 8.81. The fourth-order valence-corrected chi connectivity index (χ4v) is 1.93. The second-order valence-electron chi connectivity index (χ2n) is 5.07. The van der Waals surface area contributed by atoms with Gasteiger partial charge in [-0.2, -0.15) is 0 Å². The van der Waals surface area contributed by atoms with E-state index in [1.165, 1.54) is 24.3 Å². The van der Waals surface area contributed by atoms with E-state index in [-0.39, 0.29) is 22.3 Å². The molecule has 2 amide bonds. The summed E-state index contributed by atoms with van der Waals surface area (Å²) < 4.78 is 0. The minimum atomic E-state index is -1.16. The summed E-state index contributed by atoms with van der Waals surface area (Å²) in [5, 5.41) is 16.3. The Morgan fingerprint density at radius 3 is 1.78 bits per heavy atom. The molecule has 0 spiro atoms. The number of non-ortho nitro benzene ring substituents is 1. The number of carbonyl (C=O) groups is 2. The van der Waals surface area contributed by atoms with E-state index in [1.54, 1.807) is 14.1 Å². The van der Waals surface area contributed by atoms with E-state index in [9.17, 15) is 19.7 Å². The Bertz CT molecular complexity index is 695. The summed E-state index contributed by atoms with van der Waals surface area (Å²) in [6, 6.07) is 5.54. The highest BCUT2D eigenvalue weighted by Gasteiger charge is 2.27. The highest BCUT2D eigenvalue weighted by Crippen LogP contribution is 2.15. The molecule has 0 aromatic heterocycles. The van der Waals surface area contributed by atoms with Crippen LogP contribution in [0.3, 0.4) is 0 Å². The number of hydrogen-bond acceptors (Lipinski definition) is 6. The van der Waals surface area contributed by atoms with Crippen molar-refractivity contribution >= 4 is 52.2 Å². The van der Waals surface area contributed by atoms with Crippen molar-refractivity contribution in [3.8, 4) is 0 Å². The predicted octanol–water partition coefficient (Wildman–Crippen LogP) is -0.996. The lowest BCUT2D eigenvalue weighted by Gasteiger charge is -2.18. The van der Waals surface area contributed by atoms with Crippen molar-refractivity contribution in [1.29, 1.82) is 0 Å². The molecule has 11 nitrogen and oxygen atoms in total.